The fraction of sp³-hybridized carbons (Fsp3) is 0.700. The number of likely N-dealkylation sites (N-methyl/N-ethyl adjacent to an activating group) is 1. The molecule has 0 rings (SSSR count). The highest BCUT2D eigenvalue weighted by Crippen LogP contribution is 2.03. The molecule has 0 aromatic carbocycles. The minimum atomic E-state index is 0.316. The van der Waals surface area contributed by atoms with Crippen LogP contribution in [0.25, 0.3) is 0 Å². The van der Waals surface area contributed by atoms with Gasteiger partial charge in [-0.3, -0.25) is 4.79 Å². The first-order chi connectivity index (χ1) is 5.81. The highest BCUT2D eigenvalue weighted by atomic mass is 16.1. The number of carbonyl (C=O) groups excluding carboxylic acids is 1. The number of hydrogen-bond donors (Lipinski definition) is 1. The number of allylic oxidation sites excluding steroid dienone is 1. The molecule has 0 heterocycles. The molecular weight excluding hydrogens is 150 g/mol. The van der Waals surface area contributed by atoms with E-state index in [-0.39, 0.29) is 0 Å². The van der Waals surface area contributed by atoms with Crippen LogP contribution in [0.3, 0.4) is 0 Å². The Labute approximate surface area is 75.0 Å². The van der Waals surface area contributed by atoms with Crippen LogP contribution in [0.4, 0.5) is 0 Å². The largest absolute Gasteiger partial charge is 0.313 e. The van der Waals surface area contributed by atoms with E-state index in [0.29, 0.717) is 12.3 Å². The van der Waals surface area contributed by atoms with E-state index >= 15 is 0 Å². The number of carbonyl (C=O) groups is 1. The Morgan fingerprint density at radius 2 is 2.17 bits per heavy atom. The maximum atomic E-state index is 11.0. The van der Waals surface area contributed by atoms with Crippen molar-refractivity contribution in [1.29, 1.82) is 0 Å². The predicted octanol–water partition coefficient (Wildman–Crippen LogP) is 1.91. The van der Waals surface area contributed by atoms with Crippen LogP contribution in [-0.4, -0.2) is 19.4 Å². The van der Waals surface area contributed by atoms with Crippen LogP contribution in [0.5, 0.6) is 0 Å². The van der Waals surface area contributed by atoms with Gasteiger partial charge in [-0.15, -0.1) is 6.58 Å². The minimum Gasteiger partial charge on any atom is -0.313 e. The normalized spacial score (nSPS) is 9.75. The lowest BCUT2D eigenvalue weighted by Crippen LogP contribution is -2.17. The highest BCUT2D eigenvalue weighted by Gasteiger charge is 1.98. The molecule has 0 bridgehead atoms. The molecule has 0 aliphatic heterocycles. The highest BCUT2D eigenvalue weighted by molar-refractivity contribution is 5.80. The van der Waals surface area contributed by atoms with Gasteiger partial charge in [0.05, 0.1) is 6.54 Å². The van der Waals surface area contributed by atoms with E-state index in [1.165, 1.54) is 0 Å². The summed E-state index contributed by atoms with van der Waals surface area (Å²) in [5.41, 5.74) is 0. The van der Waals surface area contributed by atoms with Gasteiger partial charge in [0.1, 0.15) is 5.78 Å². The number of rotatable bonds is 8. The van der Waals surface area contributed by atoms with Crippen molar-refractivity contribution >= 4 is 5.78 Å². The molecule has 0 aliphatic carbocycles. The lowest BCUT2D eigenvalue weighted by molar-refractivity contribution is -0.118. The van der Waals surface area contributed by atoms with E-state index in [1.807, 2.05) is 6.08 Å². The molecule has 0 amide bonds. The molecule has 2 heteroatoms. The van der Waals surface area contributed by atoms with Gasteiger partial charge in [-0.25, -0.2) is 0 Å². The van der Waals surface area contributed by atoms with Crippen LogP contribution in [0.2, 0.25) is 0 Å². The van der Waals surface area contributed by atoms with Crippen molar-refractivity contribution in [2.45, 2.75) is 32.1 Å². The number of Topliss-reactive ketones (excluding diaryl/α,β-unsaturated/α-hetero) is 1. The van der Waals surface area contributed by atoms with E-state index in [2.05, 4.69) is 11.9 Å². The lowest BCUT2D eigenvalue weighted by Gasteiger charge is -1.98. The molecule has 0 aromatic heterocycles. The Hall–Kier alpha value is -0.630. The Morgan fingerprint density at radius 1 is 1.42 bits per heavy atom. The molecule has 0 aliphatic rings. The van der Waals surface area contributed by atoms with Crippen molar-refractivity contribution in [3.8, 4) is 0 Å². The monoisotopic (exact) mass is 169 g/mol. The SMILES string of the molecule is C=CCCCCCC(=O)CNC. The Balaban J connectivity index is 3.08. The molecule has 0 atom stereocenters. The molecule has 2 nitrogen and oxygen atoms in total. The third-order valence-corrected chi connectivity index (χ3v) is 1.74. The Morgan fingerprint density at radius 3 is 2.75 bits per heavy atom. The smallest absolute Gasteiger partial charge is 0.146 e. The molecule has 0 aromatic rings. The van der Waals surface area contributed by atoms with Crippen molar-refractivity contribution in [2.24, 2.45) is 0 Å². The summed E-state index contributed by atoms with van der Waals surface area (Å²) in [6.45, 7) is 4.16. The third kappa shape index (κ3) is 7.48. The topological polar surface area (TPSA) is 29.1 Å². The maximum Gasteiger partial charge on any atom is 0.146 e. The summed E-state index contributed by atoms with van der Waals surface area (Å²) in [6.07, 6.45) is 7.04. The van der Waals surface area contributed by atoms with Gasteiger partial charge in [-0.2, -0.15) is 0 Å². The average molecular weight is 169 g/mol. The molecule has 0 fully saturated rings. The average Bonchev–Trinajstić information content (AvgIpc) is 2.05. The zero-order valence-corrected chi connectivity index (χ0v) is 7.94. The second-order valence-corrected chi connectivity index (χ2v) is 2.96. The molecule has 0 saturated carbocycles. The molecule has 70 valence electrons. The number of hydrogen-bond acceptors (Lipinski definition) is 2. The van der Waals surface area contributed by atoms with Gasteiger partial charge in [0.2, 0.25) is 0 Å². The van der Waals surface area contributed by atoms with Crippen LogP contribution >= 0.6 is 0 Å². The number of ketones is 1. The van der Waals surface area contributed by atoms with Crippen molar-refractivity contribution < 1.29 is 4.79 Å². The second kappa shape index (κ2) is 8.47. The summed E-state index contributed by atoms with van der Waals surface area (Å²) >= 11 is 0. The van der Waals surface area contributed by atoms with Crippen LogP contribution in [0.15, 0.2) is 12.7 Å². The van der Waals surface area contributed by atoms with Crippen molar-refractivity contribution in [3.63, 3.8) is 0 Å². The maximum absolute atomic E-state index is 11.0. The fourth-order valence-electron chi connectivity index (χ4n) is 1.07. The van der Waals surface area contributed by atoms with Gasteiger partial charge in [0.25, 0.3) is 0 Å². The molecule has 1 N–H and O–H groups in total. The van der Waals surface area contributed by atoms with Crippen molar-refractivity contribution in [1.82, 2.24) is 5.32 Å². The van der Waals surface area contributed by atoms with Gasteiger partial charge in [0, 0.05) is 6.42 Å². The minimum absolute atomic E-state index is 0.316. The first-order valence-corrected chi connectivity index (χ1v) is 4.58. The van der Waals surface area contributed by atoms with Gasteiger partial charge in [0.15, 0.2) is 0 Å². The zero-order valence-electron chi connectivity index (χ0n) is 7.94. The van der Waals surface area contributed by atoms with E-state index in [0.717, 1.165) is 32.1 Å². The van der Waals surface area contributed by atoms with E-state index in [4.69, 9.17) is 0 Å². The first kappa shape index (κ1) is 11.4. The lowest BCUT2D eigenvalue weighted by atomic mass is 10.1. The number of unbranched alkanes of at least 4 members (excludes halogenated alkanes) is 3. The summed E-state index contributed by atoms with van der Waals surface area (Å²) in [5, 5.41) is 2.85. The third-order valence-electron chi connectivity index (χ3n) is 1.74. The van der Waals surface area contributed by atoms with Crippen LogP contribution in [0, 0.1) is 0 Å². The van der Waals surface area contributed by atoms with Crippen LogP contribution < -0.4 is 5.32 Å². The standard InChI is InChI=1S/C10H19NO/c1-3-4-5-6-7-8-10(12)9-11-2/h3,11H,1,4-9H2,2H3. The molecule has 0 unspecified atom stereocenters. The predicted molar refractivity (Wildman–Crippen MR) is 52.2 cm³/mol. The van der Waals surface area contributed by atoms with Crippen LogP contribution in [-0.2, 0) is 4.79 Å². The molecular formula is C10H19NO. The van der Waals surface area contributed by atoms with Gasteiger partial charge >= 0.3 is 0 Å². The van der Waals surface area contributed by atoms with Crippen LogP contribution in [0.1, 0.15) is 32.1 Å². The summed E-state index contributed by atoms with van der Waals surface area (Å²) in [5.74, 6) is 0.316. The summed E-state index contributed by atoms with van der Waals surface area (Å²) < 4.78 is 0. The van der Waals surface area contributed by atoms with Gasteiger partial charge < -0.3 is 5.32 Å². The van der Waals surface area contributed by atoms with E-state index < -0.39 is 0 Å². The second-order valence-electron chi connectivity index (χ2n) is 2.96. The van der Waals surface area contributed by atoms with Gasteiger partial charge in [-0.1, -0.05) is 12.5 Å². The quantitative estimate of drug-likeness (QED) is 0.444. The van der Waals surface area contributed by atoms with E-state index in [9.17, 15) is 4.79 Å². The Kier molecular flexibility index (Phi) is 8.02. The molecule has 12 heavy (non-hydrogen) atoms. The molecule has 0 spiro atoms. The summed E-state index contributed by atoms with van der Waals surface area (Å²) in [4.78, 5) is 11.0. The summed E-state index contributed by atoms with van der Waals surface area (Å²) in [6, 6.07) is 0. The Bertz CT molecular complexity index is 132. The number of nitrogens with one attached hydrogen (secondary N) is 1. The van der Waals surface area contributed by atoms with Gasteiger partial charge in [-0.05, 0) is 26.3 Å². The summed E-state index contributed by atoms with van der Waals surface area (Å²) in [7, 11) is 1.80. The molecule has 0 radical (unpaired) electrons. The molecule has 0 saturated heterocycles. The van der Waals surface area contributed by atoms with Crippen molar-refractivity contribution in [3.05, 3.63) is 12.7 Å². The van der Waals surface area contributed by atoms with Crippen molar-refractivity contribution in [2.75, 3.05) is 13.6 Å². The van der Waals surface area contributed by atoms with E-state index in [1.54, 1.807) is 7.05 Å². The first-order valence-electron chi connectivity index (χ1n) is 4.58. The fourth-order valence-corrected chi connectivity index (χ4v) is 1.07. The zero-order chi connectivity index (χ0) is 9.23.